The van der Waals surface area contributed by atoms with Crippen LogP contribution in [0.3, 0.4) is 0 Å². The number of rotatable bonds is 4. The second-order valence-corrected chi connectivity index (χ2v) is 7.30. The van der Waals surface area contributed by atoms with E-state index in [4.69, 9.17) is 4.42 Å². The summed E-state index contributed by atoms with van der Waals surface area (Å²) in [6.07, 6.45) is 2.65. The minimum Gasteiger partial charge on any atom is -0.459 e. The van der Waals surface area contributed by atoms with Gasteiger partial charge in [0.25, 0.3) is 5.91 Å². The third-order valence-electron chi connectivity index (χ3n) is 4.54. The standard InChI is InChI=1S/C19H18N4O3S/c1-2-16-21-22-19(27-16)20-17(24)14-10-12-6-3-4-7-13(12)11-23(14)18(25)15-8-5-9-26-15/h3-9,14H,2,10-11H2,1H3,(H,20,22,24)/t14-/m1/s1. The second-order valence-electron chi connectivity index (χ2n) is 6.24. The predicted octanol–water partition coefficient (Wildman–Crippen LogP) is 2.90. The number of furan rings is 1. The average molecular weight is 382 g/mol. The molecule has 0 bridgehead atoms. The number of hydrogen-bond acceptors (Lipinski definition) is 6. The van der Waals surface area contributed by atoms with E-state index in [0.717, 1.165) is 22.6 Å². The quantitative estimate of drug-likeness (QED) is 0.750. The van der Waals surface area contributed by atoms with Gasteiger partial charge in [0.2, 0.25) is 11.0 Å². The van der Waals surface area contributed by atoms with Crippen LogP contribution in [0.15, 0.2) is 47.1 Å². The van der Waals surface area contributed by atoms with Crippen molar-refractivity contribution in [2.24, 2.45) is 0 Å². The molecule has 2 amide bonds. The highest BCUT2D eigenvalue weighted by atomic mass is 32.1. The van der Waals surface area contributed by atoms with Crippen LogP contribution >= 0.6 is 11.3 Å². The molecular weight excluding hydrogens is 364 g/mol. The molecule has 0 fully saturated rings. The van der Waals surface area contributed by atoms with Gasteiger partial charge in [-0.1, -0.05) is 42.5 Å². The van der Waals surface area contributed by atoms with Crippen molar-refractivity contribution in [2.75, 3.05) is 5.32 Å². The van der Waals surface area contributed by atoms with Crippen LogP contribution in [0, 0.1) is 0 Å². The van der Waals surface area contributed by atoms with Gasteiger partial charge in [0, 0.05) is 13.0 Å². The lowest BCUT2D eigenvalue weighted by Crippen LogP contribution is -2.50. The fraction of sp³-hybridized carbons (Fsp3) is 0.263. The molecule has 1 aliphatic heterocycles. The summed E-state index contributed by atoms with van der Waals surface area (Å²) in [4.78, 5) is 27.4. The summed E-state index contributed by atoms with van der Waals surface area (Å²) in [5.41, 5.74) is 2.10. The van der Waals surface area contributed by atoms with Crippen molar-refractivity contribution in [3.05, 3.63) is 64.6 Å². The SMILES string of the molecule is CCc1nnc(NC(=O)[C@H]2Cc3ccccc3CN2C(=O)c2ccco2)s1. The number of hydrogen-bond donors (Lipinski definition) is 1. The summed E-state index contributed by atoms with van der Waals surface area (Å²) in [5, 5.41) is 12.1. The Labute approximate surface area is 160 Å². The van der Waals surface area contributed by atoms with E-state index in [-0.39, 0.29) is 17.6 Å². The lowest BCUT2D eigenvalue weighted by Gasteiger charge is -2.35. The van der Waals surface area contributed by atoms with E-state index >= 15 is 0 Å². The topological polar surface area (TPSA) is 88.3 Å². The smallest absolute Gasteiger partial charge is 0.290 e. The number of fused-ring (bicyclic) bond motifs is 1. The molecule has 1 aromatic carbocycles. The Bertz CT molecular complexity index is 967. The van der Waals surface area contributed by atoms with E-state index < -0.39 is 6.04 Å². The zero-order valence-electron chi connectivity index (χ0n) is 14.7. The maximum absolute atomic E-state index is 13.0. The highest BCUT2D eigenvalue weighted by molar-refractivity contribution is 7.15. The first-order chi connectivity index (χ1) is 13.2. The van der Waals surface area contributed by atoms with E-state index in [9.17, 15) is 9.59 Å². The number of nitrogens with one attached hydrogen (secondary N) is 1. The van der Waals surface area contributed by atoms with Crippen LogP contribution in [0.25, 0.3) is 0 Å². The highest BCUT2D eigenvalue weighted by Crippen LogP contribution is 2.26. The molecule has 1 N–H and O–H groups in total. The number of carbonyl (C=O) groups is 2. The Morgan fingerprint density at radius 3 is 2.74 bits per heavy atom. The first-order valence-electron chi connectivity index (χ1n) is 8.70. The fourth-order valence-corrected chi connectivity index (χ4v) is 3.83. The first kappa shape index (κ1) is 17.4. The Balaban J connectivity index is 1.62. The minimum absolute atomic E-state index is 0.219. The Morgan fingerprint density at radius 2 is 2.04 bits per heavy atom. The average Bonchev–Trinajstić information content (AvgIpc) is 3.38. The molecule has 1 aliphatic rings. The van der Waals surface area contributed by atoms with Crippen LogP contribution in [0.1, 0.15) is 33.6 Å². The molecule has 27 heavy (non-hydrogen) atoms. The molecule has 0 aliphatic carbocycles. The van der Waals surface area contributed by atoms with Crippen LogP contribution in [0.5, 0.6) is 0 Å². The van der Waals surface area contributed by atoms with Gasteiger partial charge in [0.05, 0.1) is 6.26 Å². The van der Waals surface area contributed by atoms with Gasteiger partial charge in [-0.05, 0) is 29.7 Å². The van der Waals surface area contributed by atoms with Crippen molar-refractivity contribution in [1.82, 2.24) is 15.1 Å². The molecule has 0 saturated carbocycles. The van der Waals surface area contributed by atoms with Crippen molar-refractivity contribution in [3.8, 4) is 0 Å². The molecule has 0 unspecified atom stereocenters. The summed E-state index contributed by atoms with van der Waals surface area (Å²) in [6, 6.07) is 10.5. The lowest BCUT2D eigenvalue weighted by atomic mass is 9.93. The number of benzene rings is 1. The second kappa shape index (κ2) is 7.32. The Hall–Kier alpha value is -3.00. The normalized spacial score (nSPS) is 16.0. The molecule has 0 radical (unpaired) electrons. The van der Waals surface area contributed by atoms with Gasteiger partial charge in [-0.25, -0.2) is 0 Å². The molecule has 138 valence electrons. The summed E-state index contributed by atoms with van der Waals surface area (Å²) >= 11 is 1.34. The number of nitrogens with zero attached hydrogens (tertiary/aromatic N) is 3. The van der Waals surface area contributed by atoms with E-state index in [2.05, 4.69) is 15.5 Å². The van der Waals surface area contributed by atoms with Crippen molar-refractivity contribution in [2.45, 2.75) is 32.4 Å². The molecule has 3 aromatic rings. The molecule has 0 spiro atoms. The largest absolute Gasteiger partial charge is 0.459 e. The van der Waals surface area contributed by atoms with E-state index in [1.54, 1.807) is 17.0 Å². The van der Waals surface area contributed by atoms with E-state index in [1.165, 1.54) is 17.6 Å². The van der Waals surface area contributed by atoms with Crippen molar-refractivity contribution in [3.63, 3.8) is 0 Å². The Kier molecular flexibility index (Phi) is 4.72. The summed E-state index contributed by atoms with van der Waals surface area (Å²) in [6.45, 7) is 2.33. The monoisotopic (exact) mass is 382 g/mol. The van der Waals surface area contributed by atoms with Gasteiger partial charge in [-0.2, -0.15) is 0 Å². The summed E-state index contributed by atoms with van der Waals surface area (Å²) in [7, 11) is 0. The number of aryl methyl sites for hydroxylation is 1. The predicted molar refractivity (Wildman–Crippen MR) is 100 cm³/mol. The fourth-order valence-electron chi connectivity index (χ4n) is 3.15. The van der Waals surface area contributed by atoms with Gasteiger partial charge in [-0.3, -0.25) is 14.9 Å². The van der Waals surface area contributed by atoms with E-state index in [0.29, 0.717) is 18.1 Å². The van der Waals surface area contributed by atoms with Gasteiger partial charge in [0.15, 0.2) is 5.76 Å². The van der Waals surface area contributed by atoms with E-state index in [1.807, 2.05) is 31.2 Å². The highest BCUT2D eigenvalue weighted by Gasteiger charge is 2.36. The van der Waals surface area contributed by atoms with Crippen molar-refractivity contribution >= 4 is 28.3 Å². The van der Waals surface area contributed by atoms with Crippen LogP contribution in [0.4, 0.5) is 5.13 Å². The summed E-state index contributed by atoms with van der Waals surface area (Å²) in [5.74, 6) is -0.360. The van der Waals surface area contributed by atoms with Gasteiger partial charge in [-0.15, -0.1) is 10.2 Å². The maximum atomic E-state index is 13.0. The maximum Gasteiger partial charge on any atom is 0.290 e. The molecule has 2 aromatic heterocycles. The number of aromatic nitrogens is 2. The number of anilines is 1. The van der Waals surface area contributed by atoms with Crippen molar-refractivity contribution < 1.29 is 14.0 Å². The van der Waals surface area contributed by atoms with Crippen molar-refractivity contribution in [1.29, 1.82) is 0 Å². The van der Waals surface area contributed by atoms with Crippen LogP contribution in [-0.4, -0.2) is 33.0 Å². The minimum atomic E-state index is -0.647. The van der Waals surface area contributed by atoms with Gasteiger partial charge >= 0.3 is 0 Å². The van der Waals surface area contributed by atoms with Gasteiger partial charge in [0.1, 0.15) is 11.0 Å². The molecule has 3 heterocycles. The van der Waals surface area contributed by atoms with Gasteiger partial charge < -0.3 is 9.32 Å². The van der Waals surface area contributed by atoms with Crippen LogP contribution in [-0.2, 0) is 24.2 Å². The molecule has 8 heteroatoms. The molecule has 7 nitrogen and oxygen atoms in total. The zero-order valence-corrected chi connectivity index (χ0v) is 15.5. The first-order valence-corrected chi connectivity index (χ1v) is 9.52. The summed E-state index contributed by atoms with van der Waals surface area (Å²) < 4.78 is 5.26. The molecule has 4 rings (SSSR count). The van der Waals surface area contributed by atoms with Crippen LogP contribution in [0.2, 0.25) is 0 Å². The number of amides is 2. The number of carbonyl (C=O) groups excluding carboxylic acids is 2. The Morgan fingerprint density at radius 1 is 1.22 bits per heavy atom. The lowest BCUT2D eigenvalue weighted by molar-refractivity contribution is -0.121. The molecular formula is C19H18N4O3S. The third-order valence-corrected chi connectivity index (χ3v) is 5.53. The van der Waals surface area contributed by atoms with Crippen LogP contribution < -0.4 is 5.32 Å². The zero-order chi connectivity index (χ0) is 18.8. The molecule has 1 atom stereocenters. The third kappa shape index (κ3) is 3.48. The molecule has 0 saturated heterocycles.